The van der Waals surface area contributed by atoms with E-state index in [0.29, 0.717) is 18.4 Å². The lowest BCUT2D eigenvalue weighted by Crippen LogP contribution is -2.44. The molecule has 2 rings (SSSR count). The maximum atomic E-state index is 12.1. The number of rotatable bonds is 5. The minimum Gasteiger partial charge on any atom is -0.444 e. The normalized spacial score (nSPS) is 17.2. The van der Waals surface area contributed by atoms with Crippen molar-refractivity contribution in [3.8, 4) is 0 Å². The van der Waals surface area contributed by atoms with E-state index >= 15 is 0 Å². The van der Waals surface area contributed by atoms with Crippen molar-refractivity contribution in [1.82, 2.24) is 4.90 Å². The Bertz CT molecular complexity index is 543. The van der Waals surface area contributed by atoms with Crippen LogP contribution in [0.25, 0.3) is 0 Å². The van der Waals surface area contributed by atoms with Crippen molar-refractivity contribution < 1.29 is 14.6 Å². The highest BCUT2D eigenvalue weighted by Gasteiger charge is 2.29. The molecule has 1 aliphatic heterocycles. The number of piperidine rings is 1. The van der Waals surface area contributed by atoms with Gasteiger partial charge in [-0.1, -0.05) is 12.1 Å². The fraction of sp³-hybridized carbons (Fsp3) is 0.650. The van der Waals surface area contributed by atoms with Gasteiger partial charge in [0, 0.05) is 31.4 Å². The quantitative estimate of drug-likeness (QED) is 0.852. The van der Waals surface area contributed by atoms with Crippen LogP contribution < -0.4 is 5.32 Å². The molecule has 0 aromatic heterocycles. The van der Waals surface area contributed by atoms with Crippen molar-refractivity contribution in [3.05, 3.63) is 29.8 Å². The van der Waals surface area contributed by atoms with Crippen molar-refractivity contribution in [3.63, 3.8) is 0 Å². The summed E-state index contributed by atoms with van der Waals surface area (Å²) in [6.07, 6.45) is 2.45. The molecular formula is C20H32N2O3. The topological polar surface area (TPSA) is 61.8 Å². The van der Waals surface area contributed by atoms with Crippen LogP contribution in [0.1, 0.15) is 46.1 Å². The van der Waals surface area contributed by atoms with Gasteiger partial charge in [0.1, 0.15) is 5.60 Å². The van der Waals surface area contributed by atoms with Crippen molar-refractivity contribution in [2.75, 3.05) is 25.0 Å². The number of likely N-dealkylation sites (tertiary alicyclic amines) is 1. The predicted octanol–water partition coefficient (Wildman–Crippen LogP) is 3.67. The largest absolute Gasteiger partial charge is 0.444 e. The maximum Gasteiger partial charge on any atom is 0.410 e. The molecule has 1 atom stereocenters. The second-order valence-electron chi connectivity index (χ2n) is 7.91. The molecular weight excluding hydrogens is 316 g/mol. The van der Waals surface area contributed by atoms with Gasteiger partial charge in [0.25, 0.3) is 0 Å². The van der Waals surface area contributed by atoms with Crippen LogP contribution in [-0.4, -0.2) is 47.4 Å². The number of carbonyl (C=O) groups is 1. The third-order valence-electron chi connectivity index (χ3n) is 4.65. The van der Waals surface area contributed by atoms with Gasteiger partial charge in [-0.25, -0.2) is 4.79 Å². The molecule has 1 aromatic carbocycles. The zero-order valence-corrected chi connectivity index (χ0v) is 15.9. The fourth-order valence-corrected chi connectivity index (χ4v) is 3.19. The minimum absolute atomic E-state index is 0.180. The lowest BCUT2D eigenvalue weighted by Gasteiger charge is -2.36. The molecule has 1 fully saturated rings. The van der Waals surface area contributed by atoms with Crippen LogP contribution in [0.2, 0.25) is 0 Å². The van der Waals surface area contributed by atoms with Crippen LogP contribution in [0.4, 0.5) is 10.5 Å². The zero-order valence-electron chi connectivity index (χ0n) is 15.9. The average Bonchev–Trinajstić information content (AvgIpc) is 2.55. The van der Waals surface area contributed by atoms with Gasteiger partial charge in [-0.3, -0.25) is 0 Å². The van der Waals surface area contributed by atoms with Crippen LogP contribution in [0.5, 0.6) is 0 Å². The number of aliphatic hydroxyl groups excluding tert-OH is 1. The van der Waals surface area contributed by atoms with Gasteiger partial charge in [0.05, 0.1) is 0 Å². The fourth-order valence-electron chi connectivity index (χ4n) is 3.19. The van der Waals surface area contributed by atoms with E-state index in [0.717, 1.165) is 37.2 Å². The highest BCUT2D eigenvalue weighted by Crippen LogP contribution is 2.24. The van der Waals surface area contributed by atoms with Crippen molar-refractivity contribution >= 4 is 11.8 Å². The molecule has 25 heavy (non-hydrogen) atoms. The number of anilines is 1. The van der Waals surface area contributed by atoms with E-state index in [2.05, 4.69) is 36.5 Å². The van der Waals surface area contributed by atoms with E-state index < -0.39 is 5.60 Å². The minimum atomic E-state index is -0.440. The van der Waals surface area contributed by atoms with Crippen molar-refractivity contribution in [2.24, 2.45) is 5.92 Å². The first-order valence-corrected chi connectivity index (χ1v) is 9.23. The van der Waals surface area contributed by atoms with Crippen molar-refractivity contribution in [2.45, 2.75) is 58.6 Å². The summed E-state index contributed by atoms with van der Waals surface area (Å²) >= 11 is 0. The molecule has 1 heterocycles. The van der Waals surface area contributed by atoms with Gasteiger partial charge in [-0.05, 0) is 70.6 Å². The van der Waals surface area contributed by atoms with Gasteiger partial charge in [-0.2, -0.15) is 0 Å². The van der Waals surface area contributed by atoms with Gasteiger partial charge in [0.15, 0.2) is 0 Å². The molecule has 0 aliphatic carbocycles. The SMILES string of the molecule is CC(Nc1ccc(CCO)cc1)C1CCN(C(=O)OC(C)(C)C)CC1. The lowest BCUT2D eigenvalue weighted by molar-refractivity contribution is 0.0179. The van der Waals surface area contributed by atoms with Gasteiger partial charge in [-0.15, -0.1) is 0 Å². The van der Waals surface area contributed by atoms with Crippen LogP contribution in [0.3, 0.4) is 0 Å². The van der Waals surface area contributed by atoms with Gasteiger partial charge < -0.3 is 20.1 Å². The molecule has 1 amide bonds. The Kier molecular flexibility index (Phi) is 6.71. The molecule has 0 bridgehead atoms. The number of amides is 1. The Labute approximate surface area is 151 Å². The van der Waals surface area contributed by atoms with Crippen LogP contribution in [0.15, 0.2) is 24.3 Å². The second-order valence-corrected chi connectivity index (χ2v) is 7.91. The molecule has 140 valence electrons. The number of ether oxygens (including phenoxy) is 1. The zero-order chi connectivity index (χ0) is 18.4. The molecule has 5 heteroatoms. The van der Waals surface area contributed by atoms with E-state index in [4.69, 9.17) is 9.84 Å². The first-order chi connectivity index (χ1) is 11.8. The highest BCUT2D eigenvalue weighted by atomic mass is 16.6. The average molecular weight is 348 g/mol. The molecule has 1 aliphatic rings. The van der Waals surface area contributed by atoms with E-state index in [1.165, 1.54) is 0 Å². The summed E-state index contributed by atoms with van der Waals surface area (Å²) < 4.78 is 5.45. The van der Waals surface area contributed by atoms with Crippen LogP contribution in [0, 0.1) is 5.92 Å². The number of hydrogen-bond donors (Lipinski definition) is 2. The predicted molar refractivity (Wildman–Crippen MR) is 101 cm³/mol. The summed E-state index contributed by atoms with van der Waals surface area (Å²) in [5, 5.41) is 12.5. The molecule has 1 saturated heterocycles. The molecule has 0 radical (unpaired) electrons. The number of hydrogen-bond acceptors (Lipinski definition) is 4. The van der Waals surface area contributed by atoms with Gasteiger partial charge in [0.2, 0.25) is 0 Å². The van der Waals surface area contributed by atoms with E-state index in [9.17, 15) is 4.79 Å². The monoisotopic (exact) mass is 348 g/mol. The molecule has 5 nitrogen and oxygen atoms in total. The lowest BCUT2D eigenvalue weighted by atomic mass is 9.90. The molecule has 1 aromatic rings. The standard InChI is InChI=1S/C20H32N2O3/c1-15(21-18-7-5-16(6-8-18)11-14-23)17-9-12-22(13-10-17)19(24)25-20(2,3)4/h5-8,15,17,21,23H,9-14H2,1-4H3. The van der Waals surface area contributed by atoms with Crippen LogP contribution >= 0.6 is 0 Å². The van der Waals surface area contributed by atoms with Crippen LogP contribution in [-0.2, 0) is 11.2 Å². The Hall–Kier alpha value is -1.75. The summed E-state index contributed by atoms with van der Waals surface area (Å²) in [6, 6.07) is 8.59. The summed E-state index contributed by atoms with van der Waals surface area (Å²) in [5.74, 6) is 0.538. The molecule has 0 saturated carbocycles. The maximum absolute atomic E-state index is 12.1. The Morgan fingerprint density at radius 2 is 1.88 bits per heavy atom. The number of nitrogens with one attached hydrogen (secondary N) is 1. The molecule has 2 N–H and O–H groups in total. The second kappa shape index (κ2) is 8.56. The summed E-state index contributed by atoms with van der Waals surface area (Å²) in [7, 11) is 0. The Morgan fingerprint density at radius 1 is 1.28 bits per heavy atom. The number of nitrogens with zero attached hydrogens (tertiary/aromatic N) is 1. The Balaban J connectivity index is 1.80. The smallest absolute Gasteiger partial charge is 0.410 e. The number of benzene rings is 1. The Morgan fingerprint density at radius 3 is 2.40 bits per heavy atom. The first-order valence-electron chi connectivity index (χ1n) is 9.23. The van der Waals surface area contributed by atoms with Crippen molar-refractivity contribution in [1.29, 1.82) is 0 Å². The van der Waals surface area contributed by atoms with Gasteiger partial charge >= 0.3 is 6.09 Å². The first kappa shape index (κ1) is 19.6. The molecule has 0 spiro atoms. The third-order valence-corrected chi connectivity index (χ3v) is 4.65. The summed E-state index contributed by atoms with van der Waals surface area (Å²) in [4.78, 5) is 14.0. The molecule has 1 unspecified atom stereocenters. The third kappa shape index (κ3) is 6.24. The van der Waals surface area contributed by atoms with E-state index in [-0.39, 0.29) is 12.7 Å². The van der Waals surface area contributed by atoms with E-state index in [1.807, 2.05) is 25.7 Å². The summed E-state index contributed by atoms with van der Waals surface area (Å²) in [5.41, 5.74) is 1.81. The summed E-state index contributed by atoms with van der Waals surface area (Å²) in [6.45, 7) is 9.58. The number of aliphatic hydroxyl groups is 1. The van der Waals surface area contributed by atoms with E-state index in [1.54, 1.807) is 0 Å². The highest BCUT2D eigenvalue weighted by molar-refractivity contribution is 5.68. The number of carbonyl (C=O) groups excluding carboxylic acids is 1.